The topological polar surface area (TPSA) is 48.1 Å². The van der Waals surface area contributed by atoms with E-state index in [2.05, 4.69) is 0 Å². The molecule has 23 heavy (non-hydrogen) atoms. The lowest BCUT2D eigenvalue weighted by atomic mass is 10.1. The van der Waals surface area contributed by atoms with Gasteiger partial charge in [-0.1, -0.05) is 18.2 Å². The third-order valence-electron chi connectivity index (χ3n) is 3.52. The van der Waals surface area contributed by atoms with E-state index in [1.165, 1.54) is 0 Å². The quantitative estimate of drug-likeness (QED) is 0.447. The minimum atomic E-state index is -0.0427. The maximum absolute atomic E-state index is 12.1. The Morgan fingerprint density at radius 1 is 1.13 bits per heavy atom. The molecule has 0 saturated carbocycles. The molecule has 1 aliphatic heterocycles. The Hall–Kier alpha value is -2.59. The lowest BCUT2D eigenvalue weighted by Crippen LogP contribution is -2.03. The summed E-state index contributed by atoms with van der Waals surface area (Å²) >= 11 is 0. The molecule has 1 aliphatic rings. The summed E-state index contributed by atoms with van der Waals surface area (Å²) in [6.07, 6.45) is 3.60. The van der Waals surface area contributed by atoms with Gasteiger partial charge in [-0.2, -0.15) is 0 Å². The summed E-state index contributed by atoms with van der Waals surface area (Å²) in [6.45, 7) is 1.37. The largest absolute Gasteiger partial charge is 0.497 e. The van der Waals surface area contributed by atoms with Crippen LogP contribution in [0, 0.1) is 0 Å². The Bertz CT molecular complexity index is 682. The van der Waals surface area contributed by atoms with Crippen LogP contribution in [0.1, 0.15) is 15.9 Å². The van der Waals surface area contributed by atoms with Gasteiger partial charge < -0.3 is 14.2 Å². The molecule has 0 radical (unpaired) electrons. The fourth-order valence-electron chi connectivity index (χ4n) is 2.05. The van der Waals surface area contributed by atoms with Crippen LogP contribution in [0.3, 0.4) is 0 Å². The van der Waals surface area contributed by atoms with Gasteiger partial charge in [-0.25, -0.2) is 0 Å². The van der Waals surface area contributed by atoms with Crippen LogP contribution in [0.25, 0.3) is 6.08 Å². The Morgan fingerprint density at radius 2 is 1.78 bits per heavy atom. The summed E-state index contributed by atoms with van der Waals surface area (Å²) in [4.78, 5) is 12.1. The minimum absolute atomic E-state index is 0.0427. The fourth-order valence-corrected chi connectivity index (χ4v) is 2.05. The zero-order chi connectivity index (χ0) is 16.1. The van der Waals surface area contributed by atoms with E-state index in [-0.39, 0.29) is 11.9 Å². The Labute approximate surface area is 135 Å². The van der Waals surface area contributed by atoms with Crippen molar-refractivity contribution in [2.45, 2.75) is 6.10 Å². The number of rotatable bonds is 7. The SMILES string of the molecule is COc1ccc(C(=O)/C=C/c2ccc(OCC3CO3)cc2)cc1. The Kier molecular flexibility index (Phi) is 4.74. The van der Waals surface area contributed by atoms with E-state index in [0.717, 1.165) is 23.7 Å². The maximum Gasteiger partial charge on any atom is 0.185 e. The lowest BCUT2D eigenvalue weighted by molar-refractivity contribution is 0.104. The molecule has 0 N–H and O–H groups in total. The summed E-state index contributed by atoms with van der Waals surface area (Å²) in [7, 11) is 1.60. The molecular weight excluding hydrogens is 292 g/mol. The van der Waals surface area contributed by atoms with Gasteiger partial charge >= 0.3 is 0 Å². The third-order valence-corrected chi connectivity index (χ3v) is 3.52. The van der Waals surface area contributed by atoms with E-state index >= 15 is 0 Å². The molecule has 1 atom stereocenters. The summed E-state index contributed by atoms with van der Waals surface area (Å²) in [5.41, 5.74) is 1.58. The van der Waals surface area contributed by atoms with Crippen molar-refractivity contribution in [2.24, 2.45) is 0 Å². The summed E-state index contributed by atoms with van der Waals surface area (Å²) in [6, 6.07) is 14.7. The number of methoxy groups -OCH3 is 1. The van der Waals surface area contributed by atoms with Crippen LogP contribution in [0.15, 0.2) is 54.6 Å². The lowest BCUT2D eigenvalue weighted by Gasteiger charge is -2.04. The van der Waals surface area contributed by atoms with E-state index in [0.29, 0.717) is 12.2 Å². The van der Waals surface area contributed by atoms with Crippen molar-refractivity contribution in [3.63, 3.8) is 0 Å². The second kappa shape index (κ2) is 7.11. The molecule has 118 valence electrons. The number of epoxide rings is 1. The number of ether oxygens (including phenoxy) is 3. The first-order valence-electron chi connectivity index (χ1n) is 7.45. The molecule has 3 rings (SSSR count). The standard InChI is InChI=1S/C19H18O4/c1-21-16-9-5-15(6-10-16)19(20)11-4-14-2-7-17(8-3-14)22-12-18-13-23-18/h2-11,18H,12-13H2,1H3/b11-4+. The molecule has 1 saturated heterocycles. The number of allylic oxidation sites excluding steroid dienone is 1. The minimum Gasteiger partial charge on any atom is -0.497 e. The molecule has 4 nitrogen and oxygen atoms in total. The number of carbonyl (C=O) groups excluding carboxylic acids is 1. The molecule has 1 fully saturated rings. The molecule has 0 spiro atoms. The van der Waals surface area contributed by atoms with E-state index in [4.69, 9.17) is 14.2 Å². The van der Waals surface area contributed by atoms with Crippen molar-refractivity contribution in [1.82, 2.24) is 0 Å². The number of hydrogen-bond donors (Lipinski definition) is 0. The second-order valence-corrected chi connectivity index (χ2v) is 5.26. The number of hydrogen-bond acceptors (Lipinski definition) is 4. The molecule has 0 amide bonds. The predicted molar refractivity (Wildman–Crippen MR) is 88.0 cm³/mol. The molecule has 0 aromatic heterocycles. The van der Waals surface area contributed by atoms with Crippen molar-refractivity contribution >= 4 is 11.9 Å². The normalized spacial score (nSPS) is 16.3. The molecule has 0 aliphatic carbocycles. The third kappa shape index (κ3) is 4.44. The molecule has 0 bridgehead atoms. The van der Waals surface area contributed by atoms with E-state index < -0.39 is 0 Å². The van der Waals surface area contributed by atoms with Gasteiger partial charge in [0.1, 0.15) is 24.2 Å². The van der Waals surface area contributed by atoms with Crippen LogP contribution in [0.4, 0.5) is 0 Å². The zero-order valence-electron chi connectivity index (χ0n) is 12.9. The van der Waals surface area contributed by atoms with Gasteiger partial charge in [0.25, 0.3) is 0 Å². The first-order chi connectivity index (χ1) is 11.2. The average Bonchev–Trinajstić information content (AvgIpc) is 3.43. The van der Waals surface area contributed by atoms with Gasteiger partial charge in [-0.05, 0) is 48.0 Å². The van der Waals surface area contributed by atoms with Crippen LogP contribution in [0.5, 0.6) is 11.5 Å². The van der Waals surface area contributed by atoms with Crippen LogP contribution < -0.4 is 9.47 Å². The second-order valence-electron chi connectivity index (χ2n) is 5.26. The van der Waals surface area contributed by atoms with E-state index in [1.54, 1.807) is 43.5 Å². The van der Waals surface area contributed by atoms with Crippen LogP contribution in [-0.2, 0) is 4.74 Å². The molecular formula is C19H18O4. The van der Waals surface area contributed by atoms with Gasteiger partial charge in [0.05, 0.1) is 13.7 Å². The fraction of sp³-hybridized carbons (Fsp3) is 0.211. The van der Waals surface area contributed by atoms with Crippen molar-refractivity contribution in [2.75, 3.05) is 20.3 Å². The Morgan fingerprint density at radius 3 is 2.39 bits per heavy atom. The van der Waals surface area contributed by atoms with Gasteiger partial charge in [0.2, 0.25) is 0 Å². The van der Waals surface area contributed by atoms with Gasteiger partial charge in [0, 0.05) is 5.56 Å². The molecule has 1 unspecified atom stereocenters. The van der Waals surface area contributed by atoms with Gasteiger partial charge in [-0.3, -0.25) is 4.79 Å². The number of carbonyl (C=O) groups is 1. The first-order valence-corrected chi connectivity index (χ1v) is 7.45. The van der Waals surface area contributed by atoms with Crippen molar-refractivity contribution in [3.05, 3.63) is 65.7 Å². The maximum atomic E-state index is 12.1. The van der Waals surface area contributed by atoms with Crippen molar-refractivity contribution in [1.29, 1.82) is 0 Å². The van der Waals surface area contributed by atoms with E-state index in [9.17, 15) is 4.79 Å². The van der Waals surface area contributed by atoms with Crippen molar-refractivity contribution in [3.8, 4) is 11.5 Å². The molecule has 2 aromatic rings. The number of benzene rings is 2. The molecule has 2 aromatic carbocycles. The van der Waals surface area contributed by atoms with E-state index in [1.807, 2.05) is 24.3 Å². The summed E-state index contributed by atoms with van der Waals surface area (Å²) < 4.78 is 15.7. The smallest absolute Gasteiger partial charge is 0.185 e. The predicted octanol–water partition coefficient (Wildman–Crippen LogP) is 3.37. The van der Waals surface area contributed by atoms with Crippen LogP contribution in [0.2, 0.25) is 0 Å². The van der Waals surface area contributed by atoms with Crippen molar-refractivity contribution < 1.29 is 19.0 Å². The average molecular weight is 310 g/mol. The highest BCUT2D eigenvalue weighted by Gasteiger charge is 2.22. The Balaban J connectivity index is 1.58. The highest BCUT2D eigenvalue weighted by atomic mass is 16.6. The number of ketones is 1. The van der Waals surface area contributed by atoms with Crippen LogP contribution >= 0.6 is 0 Å². The zero-order valence-corrected chi connectivity index (χ0v) is 12.9. The van der Waals surface area contributed by atoms with Gasteiger partial charge in [-0.15, -0.1) is 0 Å². The molecule has 1 heterocycles. The van der Waals surface area contributed by atoms with Gasteiger partial charge in [0.15, 0.2) is 5.78 Å². The monoisotopic (exact) mass is 310 g/mol. The highest BCUT2D eigenvalue weighted by Crippen LogP contribution is 2.17. The summed E-state index contributed by atoms with van der Waals surface area (Å²) in [5.74, 6) is 1.50. The first kappa shape index (κ1) is 15.3. The van der Waals surface area contributed by atoms with Crippen LogP contribution in [-0.4, -0.2) is 32.2 Å². The molecule has 4 heteroatoms. The highest BCUT2D eigenvalue weighted by molar-refractivity contribution is 6.06. The summed E-state index contributed by atoms with van der Waals surface area (Å²) in [5, 5.41) is 0.